The predicted octanol–water partition coefficient (Wildman–Crippen LogP) is -4.24. The molecule has 0 aromatic rings. The molecule has 0 radical (unpaired) electrons. The molecule has 166 valence electrons. The number of carboxylic acid groups (broad SMARTS) is 1. The second-order valence-corrected chi connectivity index (χ2v) is 6.79. The molecule has 0 aromatic carbocycles. The Kier molecular flexibility index (Phi) is 11.4. The fourth-order valence-electron chi connectivity index (χ4n) is 2.21. The first-order valence-corrected chi connectivity index (χ1v) is 8.82. The molecule has 4 atom stereocenters. The van der Waals surface area contributed by atoms with E-state index in [-0.39, 0.29) is 12.3 Å². The lowest BCUT2D eigenvalue weighted by Crippen LogP contribution is -2.59. The van der Waals surface area contributed by atoms with Crippen LogP contribution in [-0.2, 0) is 24.0 Å². The van der Waals surface area contributed by atoms with Crippen molar-refractivity contribution in [2.75, 3.05) is 13.2 Å². The molecule has 0 fully saturated rings. The minimum absolute atomic E-state index is 0.0443. The van der Waals surface area contributed by atoms with Gasteiger partial charge in [0.2, 0.25) is 23.6 Å². The molecule has 13 heteroatoms. The van der Waals surface area contributed by atoms with Crippen LogP contribution in [0.25, 0.3) is 0 Å². The van der Waals surface area contributed by atoms with Crippen LogP contribution in [0.5, 0.6) is 0 Å². The van der Waals surface area contributed by atoms with E-state index in [2.05, 4.69) is 16.0 Å². The van der Waals surface area contributed by atoms with Crippen molar-refractivity contribution in [2.24, 2.45) is 17.4 Å². The number of amides is 4. The van der Waals surface area contributed by atoms with Crippen LogP contribution in [0.4, 0.5) is 0 Å². The molecular weight excluding hydrogens is 390 g/mol. The van der Waals surface area contributed by atoms with E-state index in [1.165, 1.54) is 0 Å². The zero-order valence-corrected chi connectivity index (χ0v) is 16.3. The molecule has 0 aliphatic carbocycles. The summed E-state index contributed by atoms with van der Waals surface area (Å²) < 4.78 is 0. The predicted molar refractivity (Wildman–Crippen MR) is 98.8 cm³/mol. The standard InChI is InChI=1S/C16H29N5O8/c1-7(2)3-9(16(28)29)19-14(26)11(6-23)21-15(27)10(5-22)20-13(25)8(17)4-12(18)24/h7-11,22-23H,3-6,17H2,1-2H3,(H2,18,24)(H,19,26)(H,20,25)(H,21,27)(H,28,29). The van der Waals surface area contributed by atoms with Gasteiger partial charge in [-0.15, -0.1) is 0 Å². The third-order valence-corrected chi connectivity index (χ3v) is 3.71. The Hall–Kier alpha value is -2.77. The minimum Gasteiger partial charge on any atom is -0.480 e. The van der Waals surface area contributed by atoms with Gasteiger partial charge in [-0.2, -0.15) is 0 Å². The van der Waals surface area contributed by atoms with Crippen LogP contribution in [0.2, 0.25) is 0 Å². The Morgan fingerprint density at radius 1 is 0.828 bits per heavy atom. The molecule has 0 spiro atoms. The van der Waals surface area contributed by atoms with Crippen molar-refractivity contribution >= 4 is 29.6 Å². The molecule has 0 aliphatic heterocycles. The van der Waals surface area contributed by atoms with Gasteiger partial charge in [-0.05, 0) is 12.3 Å². The molecule has 0 aromatic heterocycles. The number of carboxylic acids is 1. The lowest BCUT2D eigenvalue weighted by atomic mass is 10.0. The van der Waals surface area contributed by atoms with Gasteiger partial charge in [-0.1, -0.05) is 13.8 Å². The van der Waals surface area contributed by atoms with Crippen molar-refractivity contribution < 1.29 is 39.3 Å². The van der Waals surface area contributed by atoms with E-state index in [0.717, 1.165) is 0 Å². The maximum Gasteiger partial charge on any atom is 0.326 e. The fraction of sp³-hybridized carbons (Fsp3) is 0.688. The lowest BCUT2D eigenvalue weighted by molar-refractivity contribution is -0.143. The molecule has 0 bridgehead atoms. The summed E-state index contributed by atoms with van der Waals surface area (Å²) >= 11 is 0. The van der Waals surface area contributed by atoms with E-state index >= 15 is 0 Å². The average Bonchev–Trinajstić information content (AvgIpc) is 2.61. The molecule has 29 heavy (non-hydrogen) atoms. The van der Waals surface area contributed by atoms with Crippen LogP contribution in [0.3, 0.4) is 0 Å². The number of aliphatic hydroxyl groups is 2. The molecule has 0 saturated heterocycles. The third kappa shape index (κ3) is 9.82. The first-order valence-electron chi connectivity index (χ1n) is 8.82. The van der Waals surface area contributed by atoms with E-state index in [9.17, 15) is 34.2 Å². The van der Waals surface area contributed by atoms with Crippen molar-refractivity contribution in [3.05, 3.63) is 0 Å². The summed E-state index contributed by atoms with van der Waals surface area (Å²) in [6.07, 6.45) is -0.361. The third-order valence-electron chi connectivity index (χ3n) is 3.71. The number of carbonyl (C=O) groups excluding carboxylic acids is 4. The summed E-state index contributed by atoms with van der Waals surface area (Å²) in [4.78, 5) is 58.2. The Morgan fingerprint density at radius 3 is 1.59 bits per heavy atom. The van der Waals surface area contributed by atoms with Gasteiger partial charge in [0.25, 0.3) is 0 Å². The first kappa shape index (κ1) is 26.2. The van der Waals surface area contributed by atoms with Crippen LogP contribution in [0, 0.1) is 5.92 Å². The number of aliphatic carboxylic acids is 1. The minimum atomic E-state index is -1.53. The average molecular weight is 419 g/mol. The number of hydrogen-bond acceptors (Lipinski definition) is 8. The highest BCUT2D eigenvalue weighted by Gasteiger charge is 2.30. The van der Waals surface area contributed by atoms with Crippen molar-refractivity contribution in [1.82, 2.24) is 16.0 Å². The van der Waals surface area contributed by atoms with Gasteiger partial charge in [0.1, 0.15) is 18.1 Å². The number of rotatable bonds is 13. The molecule has 0 saturated carbocycles. The Bertz CT molecular complexity index is 612. The Morgan fingerprint density at radius 2 is 1.24 bits per heavy atom. The zero-order valence-electron chi connectivity index (χ0n) is 16.3. The van der Waals surface area contributed by atoms with Crippen molar-refractivity contribution in [3.8, 4) is 0 Å². The van der Waals surface area contributed by atoms with E-state index in [0.29, 0.717) is 0 Å². The second kappa shape index (κ2) is 12.6. The van der Waals surface area contributed by atoms with Crippen LogP contribution < -0.4 is 27.4 Å². The summed E-state index contributed by atoms with van der Waals surface area (Å²) in [5.74, 6) is -5.09. The van der Waals surface area contributed by atoms with E-state index in [1.807, 2.05) is 0 Å². The van der Waals surface area contributed by atoms with Crippen molar-refractivity contribution in [1.29, 1.82) is 0 Å². The van der Waals surface area contributed by atoms with E-state index in [4.69, 9.17) is 16.6 Å². The topological polar surface area (TPSA) is 234 Å². The molecule has 4 unspecified atom stereocenters. The lowest BCUT2D eigenvalue weighted by Gasteiger charge is -2.23. The molecule has 13 nitrogen and oxygen atoms in total. The van der Waals surface area contributed by atoms with Crippen LogP contribution >= 0.6 is 0 Å². The maximum atomic E-state index is 12.2. The number of nitrogens with two attached hydrogens (primary N) is 2. The zero-order chi connectivity index (χ0) is 22.7. The van der Waals surface area contributed by atoms with Crippen molar-refractivity contribution in [2.45, 2.75) is 50.9 Å². The number of carbonyl (C=O) groups is 5. The Balaban J connectivity index is 5.00. The van der Waals surface area contributed by atoms with Gasteiger partial charge in [0.15, 0.2) is 0 Å². The van der Waals surface area contributed by atoms with Gasteiger partial charge < -0.3 is 42.7 Å². The van der Waals surface area contributed by atoms with Gasteiger partial charge in [0, 0.05) is 0 Å². The normalized spacial score (nSPS) is 15.0. The van der Waals surface area contributed by atoms with Gasteiger partial charge in [-0.3, -0.25) is 19.2 Å². The highest BCUT2D eigenvalue weighted by Crippen LogP contribution is 2.05. The van der Waals surface area contributed by atoms with Crippen molar-refractivity contribution in [3.63, 3.8) is 0 Å². The number of nitrogens with one attached hydrogen (secondary N) is 3. The summed E-state index contributed by atoms with van der Waals surface area (Å²) in [6.45, 7) is 1.78. The second-order valence-electron chi connectivity index (χ2n) is 6.79. The van der Waals surface area contributed by atoms with Crippen LogP contribution in [-0.4, -0.2) is 82.3 Å². The molecule has 0 heterocycles. The van der Waals surface area contributed by atoms with Crippen LogP contribution in [0.15, 0.2) is 0 Å². The van der Waals surface area contributed by atoms with E-state index < -0.39 is 73.4 Å². The quantitative estimate of drug-likeness (QED) is 0.144. The molecular formula is C16H29N5O8. The highest BCUT2D eigenvalue weighted by atomic mass is 16.4. The number of primary amides is 1. The van der Waals surface area contributed by atoms with Gasteiger partial charge in [0.05, 0.1) is 25.7 Å². The summed E-state index contributed by atoms with van der Waals surface area (Å²) in [5.41, 5.74) is 10.4. The highest BCUT2D eigenvalue weighted by molar-refractivity contribution is 5.95. The summed E-state index contributed by atoms with van der Waals surface area (Å²) in [6, 6.07) is -5.64. The number of hydrogen-bond donors (Lipinski definition) is 8. The fourth-order valence-corrected chi connectivity index (χ4v) is 2.21. The number of aliphatic hydroxyl groups excluding tert-OH is 2. The Labute approximate surface area is 167 Å². The monoisotopic (exact) mass is 419 g/mol. The molecule has 10 N–H and O–H groups in total. The van der Waals surface area contributed by atoms with Crippen LogP contribution in [0.1, 0.15) is 26.7 Å². The molecule has 0 rings (SSSR count). The summed E-state index contributed by atoms with van der Waals surface area (Å²) in [5, 5.41) is 34.2. The molecule has 4 amide bonds. The first-order chi connectivity index (χ1) is 13.4. The van der Waals surface area contributed by atoms with E-state index in [1.54, 1.807) is 13.8 Å². The molecule has 0 aliphatic rings. The smallest absolute Gasteiger partial charge is 0.326 e. The summed E-state index contributed by atoms with van der Waals surface area (Å²) in [7, 11) is 0. The SMILES string of the molecule is CC(C)CC(NC(=O)C(CO)NC(=O)C(CO)NC(=O)C(N)CC(N)=O)C(=O)O. The maximum absolute atomic E-state index is 12.2. The largest absolute Gasteiger partial charge is 0.480 e. The van der Waals surface area contributed by atoms with Gasteiger partial charge in [-0.25, -0.2) is 4.79 Å². The van der Waals surface area contributed by atoms with Gasteiger partial charge >= 0.3 is 5.97 Å².